The van der Waals surface area contributed by atoms with Gasteiger partial charge in [0.1, 0.15) is 6.61 Å². The average molecular weight is 677 g/mol. The molecule has 0 aliphatic carbocycles. The molecule has 1 heterocycles. The molecule has 4 aromatic carbocycles. The van der Waals surface area contributed by atoms with E-state index in [0.29, 0.717) is 42.7 Å². The van der Waals surface area contributed by atoms with Gasteiger partial charge in [0.15, 0.2) is 5.78 Å². The Kier molecular flexibility index (Phi) is 12.4. The van der Waals surface area contributed by atoms with Crippen molar-refractivity contribution in [3.05, 3.63) is 117 Å². The third kappa shape index (κ3) is 9.99. The van der Waals surface area contributed by atoms with Gasteiger partial charge in [0.05, 0.1) is 18.8 Å². The van der Waals surface area contributed by atoms with E-state index in [1.165, 1.54) is 0 Å². The summed E-state index contributed by atoms with van der Waals surface area (Å²) in [6, 6.07) is 27.3. The highest BCUT2D eigenvalue weighted by Gasteiger charge is 2.27. The molecule has 1 N–H and O–H groups in total. The quantitative estimate of drug-likeness (QED) is 0.160. The molecule has 1 aliphatic heterocycles. The van der Waals surface area contributed by atoms with Crippen molar-refractivity contribution in [2.24, 2.45) is 10.4 Å². The normalized spacial score (nSPS) is 13.8. The molecule has 0 spiro atoms. The van der Waals surface area contributed by atoms with Gasteiger partial charge >= 0.3 is 0 Å². The number of rotatable bonds is 11. The number of Topliss-reactive ketones (excluding diaryl/α,β-unsaturated/α-hetero) is 1. The summed E-state index contributed by atoms with van der Waals surface area (Å²) in [5, 5.41) is 10.8. The molecule has 0 atom stereocenters. The van der Waals surface area contributed by atoms with Crippen molar-refractivity contribution in [3.8, 4) is 22.3 Å². The number of nitrogens with zero attached hydrogens (tertiary/aromatic N) is 1. The van der Waals surface area contributed by atoms with Crippen LogP contribution in [-0.4, -0.2) is 49.8 Å². The molecule has 0 saturated carbocycles. The zero-order valence-corrected chi connectivity index (χ0v) is 29.4. The molecule has 0 aromatic heterocycles. The molecule has 0 amide bonds. The van der Waals surface area contributed by atoms with Gasteiger partial charge in [-0.05, 0) is 95.1 Å². The van der Waals surface area contributed by atoms with E-state index in [0.717, 1.165) is 44.0 Å². The fourth-order valence-electron chi connectivity index (χ4n) is 5.19. The lowest BCUT2D eigenvalue weighted by Crippen LogP contribution is -2.21. The van der Waals surface area contributed by atoms with Crippen LogP contribution in [0.5, 0.6) is 0 Å². The summed E-state index contributed by atoms with van der Waals surface area (Å²) < 4.78 is 16.4. The highest BCUT2D eigenvalue weighted by molar-refractivity contribution is 6.31. The summed E-state index contributed by atoms with van der Waals surface area (Å²) in [5.74, 6) is 0.726. The third-order valence-electron chi connectivity index (χ3n) is 7.72. The Labute approximate surface area is 288 Å². The van der Waals surface area contributed by atoms with Crippen LogP contribution >= 0.6 is 23.2 Å². The number of aliphatic imine (C=N–C) groups is 1. The number of methoxy groups -OCH3 is 2. The highest BCUT2D eigenvalue weighted by atomic mass is 35.5. The number of carbonyl (C=O) groups is 1. The van der Waals surface area contributed by atoms with E-state index in [2.05, 4.69) is 31.0 Å². The minimum absolute atomic E-state index is 0.0213. The van der Waals surface area contributed by atoms with Crippen molar-refractivity contribution >= 4 is 34.9 Å². The summed E-state index contributed by atoms with van der Waals surface area (Å²) in [6.07, 6.45) is 0.302. The molecule has 4 aromatic rings. The highest BCUT2D eigenvalue weighted by Crippen LogP contribution is 2.30. The number of halogens is 2. The van der Waals surface area contributed by atoms with Crippen LogP contribution in [0.3, 0.4) is 0 Å². The molecule has 1 aliphatic rings. The van der Waals surface area contributed by atoms with E-state index in [1.807, 2.05) is 86.6 Å². The van der Waals surface area contributed by atoms with Crippen molar-refractivity contribution in [2.45, 2.75) is 52.9 Å². The fourth-order valence-corrected chi connectivity index (χ4v) is 5.44. The van der Waals surface area contributed by atoms with Crippen LogP contribution in [0.2, 0.25) is 10.0 Å². The second-order valence-corrected chi connectivity index (χ2v) is 13.9. The Morgan fingerprint density at radius 2 is 1.30 bits per heavy atom. The van der Waals surface area contributed by atoms with Gasteiger partial charge in [-0.2, -0.15) is 0 Å². The average Bonchev–Trinajstić information content (AvgIpc) is 3.42. The standard InChI is InChI=1S/C20H23ClO3.C19H20ClNO2/c1-20(2,13-22)11-19(23)15-6-9-18(16(10-15)12-24-3)14-4-7-17(21)8-5-14;1-19(2)12-23-18(21-19)14-6-9-17(15(10-14)11-22-3)13-4-7-16(20)8-5-13/h4-10,22H,11-13H2,1-3H3;4-10H,11-12H2,1-3H3. The van der Waals surface area contributed by atoms with Gasteiger partial charge in [0, 0.05) is 48.4 Å². The van der Waals surface area contributed by atoms with Crippen molar-refractivity contribution in [1.29, 1.82) is 0 Å². The molecule has 248 valence electrons. The number of hydrogen-bond acceptors (Lipinski definition) is 6. The zero-order valence-electron chi connectivity index (χ0n) is 27.9. The molecular formula is C39H43Cl2NO5. The lowest BCUT2D eigenvalue weighted by Gasteiger charge is -2.20. The van der Waals surface area contributed by atoms with Gasteiger partial charge in [-0.25, -0.2) is 4.99 Å². The molecule has 0 radical (unpaired) electrons. The maximum atomic E-state index is 12.5. The van der Waals surface area contributed by atoms with Crippen molar-refractivity contribution < 1.29 is 24.1 Å². The number of carbonyl (C=O) groups excluding carboxylic acids is 1. The first-order valence-corrected chi connectivity index (χ1v) is 16.2. The van der Waals surface area contributed by atoms with Crippen molar-refractivity contribution in [3.63, 3.8) is 0 Å². The second kappa shape index (κ2) is 16.1. The predicted molar refractivity (Wildman–Crippen MR) is 192 cm³/mol. The van der Waals surface area contributed by atoms with E-state index >= 15 is 0 Å². The molecule has 6 nitrogen and oxygen atoms in total. The van der Waals surface area contributed by atoms with Gasteiger partial charge < -0.3 is 19.3 Å². The van der Waals surface area contributed by atoms with E-state index in [1.54, 1.807) is 14.2 Å². The number of aliphatic hydroxyl groups excluding tert-OH is 1. The first-order valence-electron chi connectivity index (χ1n) is 15.5. The minimum atomic E-state index is -0.423. The minimum Gasteiger partial charge on any atom is -0.475 e. The molecule has 0 unspecified atom stereocenters. The SMILES string of the molecule is COCc1cc(C(=O)CC(C)(C)CO)ccc1-c1ccc(Cl)cc1.COCc1cc(C2=NC(C)(C)CO2)ccc1-c1ccc(Cl)cc1. The van der Waals surface area contributed by atoms with Crippen LogP contribution in [0, 0.1) is 5.41 Å². The molecule has 0 saturated heterocycles. The Bertz CT molecular complexity index is 1700. The maximum Gasteiger partial charge on any atom is 0.216 e. The first kappa shape index (κ1) is 36.3. The van der Waals surface area contributed by atoms with Gasteiger partial charge in [0.2, 0.25) is 5.90 Å². The van der Waals surface area contributed by atoms with Gasteiger partial charge in [-0.15, -0.1) is 0 Å². The Hall–Kier alpha value is -3.52. The molecule has 47 heavy (non-hydrogen) atoms. The van der Waals surface area contributed by atoms with Gasteiger partial charge in [-0.1, -0.05) is 79.5 Å². The smallest absolute Gasteiger partial charge is 0.216 e. The van der Waals surface area contributed by atoms with Crippen molar-refractivity contribution in [1.82, 2.24) is 0 Å². The van der Waals surface area contributed by atoms with Gasteiger partial charge in [-0.3, -0.25) is 4.79 Å². The Balaban J connectivity index is 0.000000213. The van der Waals surface area contributed by atoms with Crippen LogP contribution in [0.4, 0.5) is 0 Å². The van der Waals surface area contributed by atoms with Crippen molar-refractivity contribution in [2.75, 3.05) is 27.4 Å². The van der Waals surface area contributed by atoms with Crippen LogP contribution in [0.15, 0.2) is 89.9 Å². The number of aliphatic hydroxyl groups is 1. The largest absolute Gasteiger partial charge is 0.475 e. The Morgan fingerprint density at radius 1 is 0.809 bits per heavy atom. The molecule has 0 fully saturated rings. The summed E-state index contributed by atoms with van der Waals surface area (Å²) >= 11 is 11.9. The lowest BCUT2D eigenvalue weighted by molar-refractivity contribution is 0.0858. The van der Waals surface area contributed by atoms with E-state index in [9.17, 15) is 9.90 Å². The van der Waals surface area contributed by atoms with Crippen LogP contribution < -0.4 is 0 Å². The van der Waals surface area contributed by atoms with E-state index in [4.69, 9.17) is 37.4 Å². The molecular weight excluding hydrogens is 633 g/mol. The molecule has 0 bridgehead atoms. The summed E-state index contributed by atoms with van der Waals surface area (Å²) in [4.78, 5) is 17.1. The maximum absolute atomic E-state index is 12.5. The van der Waals surface area contributed by atoms with Gasteiger partial charge in [0.25, 0.3) is 0 Å². The summed E-state index contributed by atoms with van der Waals surface area (Å²) in [6.45, 7) is 9.43. The number of ether oxygens (including phenoxy) is 3. The summed E-state index contributed by atoms with van der Waals surface area (Å²) in [7, 11) is 3.33. The topological polar surface area (TPSA) is 77.4 Å². The third-order valence-corrected chi connectivity index (χ3v) is 8.23. The monoisotopic (exact) mass is 675 g/mol. The second-order valence-electron chi connectivity index (χ2n) is 13.1. The van der Waals surface area contributed by atoms with Crippen LogP contribution in [0.1, 0.15) is 61.2 Å². The number of hydrogen-bond donors (Lipinski definition) is 1. The van der Waals surface area contributed by atoms with Crippen LogP contribution in [0.25, 0.3) is 22.3 Å². The molecule has 5 rings (SSSR count). The predicted octanol–water partition coefficient (Wildman–Crippen LogP) is 9.45. The zero-order chi connectivity index (χ0) is 34.2. The van der Waals surface area contributed by atoms with Crippen LogP contribution in [-0.2, 0) is 27.4 Å². The number of ketones is 1. The number of benzene rings is 4. The summed E-state index contributed by atoms with van der Waals surface area (Å²) in [5.41, 5.74) is 7.39. The first-order chi connectivity index (χ1) is 22.3. The molecule has 8 heteroatoms. The lowest BCUT2D eigenvalue weighted by atomic mass is 9.85. The Morgan fingerprint density at radius 3 is 1.77 bits per heavy atom. The fraction of sp³-hybridized carbons (Fsp3) is 0.333. The van der Waals surface area contributed by atoms with E-state index < -0.39 is 5.41 Å². The van der Waals surface area contributed by atoms with E-state index in [-0.39, 0.29) is 17.9 Å².